The van der Waals surface area contributed by atoms with Crippen LogP contribution < -0.4 is 10.1 Å². The van der Waals surface area contributed by atoms with Gasteiger partial charge < -0.3 is 24.4 Å². The number of nitrogens with zero attached hydrogens (tertiary/aromatic N) is 1. The van der Waals surface area contributed by atoms with Crippen LogP contribution in [0, 0.1) is 0 Å². The molecule has 26 heavy (non-hydrogen) atoms. The number of rotatable bonds is 3. The normalized spacial score (nSPS) is 23.3. The van der Waals surface area contributed by atoms with Crippen molar-refractivity contribution in [1.82, 2.24) is 10.2 Å². The van der Waals surface area contributed by atoms with Crippen molar-refractivity contribution in [2.45, 2.75) is 24.7 Å². The monoisotopic (exact) mass is 374 g/mol. The average molecular weight is 374 g/mol. The van der Waals surface area contributed by atoms with Crippen LogP contribution in [0.5, 0.6) is 5.75 Å². The van der Waals surface area contributed by atoms with Gasteiger partial charge in [-0.3, -0.25) is 0 Å². The minimum Gasteiger partial charge on any atom is -0.497 e. The molecule has 1 spiro atoms. The van der Waals surface area contributed by atoms with E-state index in [1.54, 1.807) is 4.90 Å². The van der Waals surface area contributed by atoms with E-state index in [9.17, 15) is 18.0 Å². The lowest BCUT2D eigenvalue weighted by atomic mass is 10.0. The van der Waals surface area contributed by atoms with Gasteiger partial charge in [-0.1, -0.05) is 6.07 Å². The van der Waals surface area contributed by atoms with Crippen molar-refractivity contribution in [1.29, 1.82) is 0 Å². The second-order valence-corrected chi connectivity index (χ2v) is 6.44. The summed E-state index contributed by atoms with van der Waals surface area (Å²) in [6.07, 6.45) is -3.83. The van der Waals surface area contributed by atoms with Gasteiger partial charge in [0.1, 0.15) is 11.4 Å². The molecule has 2 aliphatic rings. The first kappa shape index (κ1) is 18.8. The summed E-state index contributed by atoms with van der Waals surface area (Å²) in [6.45, 7) is 1.92. The molecule has 2 heterocycles. The molecule has 1 N–H and O–H groups in total. The van der Waals surface area contributed by atoms with Gasteiger partial charge in [-0.2, -0.15) is 13.2 Å². The first-order valence-corrected chi connectivity index (χ1v) is 8.32. The fourth-order valence-corrected chi connectivity index (χ4v) is 3.23. The first-order chi connectivity index (χ1) is 12.3. The SMILES string of the molecule is COc1ccc(CNC(=O)N2CCOC3(CCOC3)C2)c(C(F)(F)F)c1. The Bertz CT molecular complexity index is 660. The Morgan fingerprint density at radius 2 is 2.19 bits per heavy atom. The van der Waals surface area contributed by atoms with E-state index >= 15 is 0 Å². The van der Waals surface area contributed by atoms with E-state index in [0.717, 1.165) is 6.07 Å². The van der Waals surface area contributed by atoms with Crippen LogP contribution in [-0.2, 0) is 22.2 Å². The van der Waals surface area contributed by atoms with Gasteiger partial charge in [0.15, 0.2) is 0 Å². The van der Waals surface area contributed by atoms with Gasteiger partial charge in [0, 0.05) is 26.1 Å². The van der Waals surface area contributed by atoms with Crippen molar-refractivity contribution >= 4 is 6.03 Å². The summed E-state index contributed by atoms with van der Waals surface area (Å²) in [5.74, 6) is 0.115. The van der Waals surface area contributed by atoms with E-state index in [1.165, 1.54) is 19.2 Å². The zero-order valence-corrected chi connectivity index (χ0v) is 14.4. The van der Waals surface area contributed by atoms with Crippen LogP contribution in [0.3, 0.4) is 0 Å². The number of hydrogen-bond donors (Lipinski definition) is 1. The lowest BCUT2D eigenvalue weighted by Gasteiger charge is -2.39. The minimum absolute atomic E-state index is 0.0150. The Kier molecular flexibility index (Phi) is 5.29. The van der Waals surface area contributed by atoms with Gasteiger partial charge >= 0.3 is 12.2 Å². The summed E-state index contributed by atoms with van der Waals surface area (Å²) in [5.41, 5.74) is -1.33. The van der Waals surface area contributed by atoms with Crippen molar-refractivity contribution in [3.63, 3.8) is 0 Å². The van der Waals surface area contributed by atoms with Crippen molar-refractivity contribution in [2.75, 3.05) is 40.0 Å². The summed E-state index contributed by atoms with van der Waals surface area (Å²) < 4.78 is 55.7. The standard InChI is InChI=1S/C17H21F3N2O4/c1-24-13-3-2-12(14(8-13)17(18,19)20)9-21-15(23)22-5-7-26-16(10-22)4-6-25-11-16/h2-3,8H,4-7,9-11H2,1H3,(H,21,23). The van der Waals surface area contributed by atoms with Crippen LogP contribution in [0.25, 0.3) is 0 Å². The molecule has 1 aromatic rings. The van der Waals surface area contributed by atoms with Gasteiger partial charge in [-0.05, 0) is 17.7 Å². The van der Waals surface area contributed by atoms with Crippen LogP contribution in [0.4, 0.5) is 18.0 Å². The number of morpholine rings is 1. The minimum atomic E-state index is -4.53. The molecule has 0 bridgehead atoms. The molecule has 2 amide bonds. The van der Waals surface area contributed by atoms with E-state index in [1.807, 2.05) is 0 Å². The summed E-state index contributed by atoms with van der Waals surface area (Å²) in [4.78, 5) is 14.0. The third kappa shape index (κ3) is 4.04. The maximum Gasteiger partial charge on any atom is 0.416 e. The number of alkyl halides is 3. The van der Waals surface area contributed by atoms with Crippen molar-refractivity contribution in [3.05, 3.63) is 29.3 Å². The molecule has 2 fully saturated rings. The van der Waals surface area contributed by atoms with Crippen LogP contribution in [0.1, 0.15) is 17.5 Å². The maximum absolute atomic E-state index is 13.2. The largest absolute Gasteiger partial charge is 0.497 e. The van der Waals surface area contributed by atoms with Gasteiger partial charge in [-0.25, -0.2) is 4.79 Å². The summed E-state index contributed by atoms with van der Waals surface area (Å²) in [7, 11) is 1.30. The summed E-state index contributed by atoms with van der Waals surface area (Å²) in [6, 6.07) is 3.27. The summed E-state index contributed by atoms with van der Waals surface area (Å²) >= 11 is 0. The number of hydrogen-bond acceptors (Lipinski definition) is 4. The highest BCUT2D eigenvalue weighted by Crippen LogP contribution is 2.34. The second-order valence-electron chi connectivity index (χ2n) is 6.44. The molecule has 0 aromatic heterocycles. The van der Waals surface area contributed by atoms with Gasteiger partial charge in [0.25, 0.3) is 0 Å². The molecule has 0 radical (unpaired) electrons. The third-order valence-corrected chi connectivity index (χ3v) is 4.66. The first-order valence-electron chi connectivity index (χ1n) is 8.32. The molecule has 3 rings (SSSR count). The maximum atomic E-state index is 13.2. The lowest BCUT2D eigenvalue weighted by Crippen LogP contribution is -2.56. The fraction of sp³-hybridized carbons (Fsp3) is 0.588. The van der Waals surface area contributed by atoms with Gasteiger partial charge in [0.2, 0.25) is 0 Å². The predicted molar refractivity (Wildman–Crippen MR) is 85.9 cm³/mol. The van der Waals surface area contributed by atoms with Crippen molar-refractivity contribution in [3.8, 4) is 5.75 Å². The highest BCUT2D eigenvalue weighted by Gasteiger charge is 2.41. The van der Waals surface area contributed by atoms with Crippen LogP contribution in [0.2, 0.25) is 0 Å². The van der Waals surface area contributed by atoms with E-state index < -0.39 is 23.4 Å². The number of urea groups is 1. The highest BCUT2D eigenvalue weighted by atomic mass is 19.4. The smallest absolute Gasteiger partial charge is 0.416 e. The third-order valence-electron chi connectivity index (χ3n) is 4.66. The van der Waals surface area contributed by atoms with E-state index in [2.05, 4.69) is 5.32 Å². The molecule has 2 saturated heterocycles. The number of carbonyl (C=O) groups excluding carboxylic acids is 1. The number of carbonyl (C=O) groups is 1. The van der Waals surface area contributed by atoms with Gasteiger partial charge in [0.05, 0.1) is 32.4 Å². The number of ether oxygens (including phenoxy) is 3. The van der Waals surface area contributed by atoms with Crippen molar-refractivity contribution in [2.24, 2.45) is 0 Å². The molecule has 0 saturated carbocycles. The number of benzene rings is 1. The van der Waals surface area contributed by atoms with Crippen LogP contribution in [-0.4, -0.2) is 56.6 Å². The molecule has 6 nitrogen and oxygen atoms in total. The topological polar surface area (TPSA) is 60.0 Å². The van der Waals surface area contributed by atoms with E-state index in [0.29, 0.717) is 39.3 Å². The molecule has 9 heteroatoms. The highest BCUT2D eigenvalue weighted by molar-refractivity contribution is 5.74. The Labute approximate surface area is 149 Å². The number of nitrogens with one attached hydrogen (secondary N) is 1. The number of methoxy groups -OCH3 is 1. The molecule has 144 valence electrons. The molecule has 1 aromatic carbocycles. The number of halogens is 3. The quantitative estimate of drug-likeness (QED) is 0.883. The Morgan fingerprint density at radius 3 is 2.85 bits per heavy atom. The Morgan fingerprint density at radius 1 is 1.38 bits per heavy atom. The predicted octanol–water partition coefficient (Wildman–Crippen LogP) is 2.41. The molecular formula is C17H21F3N2O4. The average Bonchev–Trinajstić information content (AvgIpc) is 3.06. The number of amides is 2. The zero-order chi connectivity index (χ0) is 18.8. The van der Waals surface area contributed by atoms with Crippen LogP contribution in [0.15, 0.2) is 18.2 Å². The van der Waals surface area contributed by atoms with E-state index in [-0.39, 0.29) is 17.9 Å². The van der Waals surface area contributed by atoms with Crippen LogP contribution >= 0.6 is 0 Å². The zero-order valence-electron chi connectivity index (χ0n) is 14.4. The molecule has 1 atom stereocenters. The molecular weight excluding hydrogens is 353 g/mol. The Balaban J connectivity index is 1.66. The molecule has 0 aliphatic carbocycles. The summed E-state index contributed by atoms with van der Waals surface area (Å²) in [5, 5.41) is 2.57. The van der Waals surface area contributed by atoms with Gasteiger partial charge in [-0.15, -0.1) is 0 Å². The second kappa shape index (κ2) is 7.32. The Hall–Kier alpha value is -2.00. The van der Waals surface area contributed by atoms with Crippen molar-refractivity contribution < 1.29 is 32.2 Å². The fourth-order valence-electron chi connectivity index (χ4n) is 3.23. The lowest BCUT2D eigenvalue weighted by molar-refractivity contribution is -0.138. The molecule has 1 unspecified atom stereocenters. The van der Waals surface area contributed by atoms with E-state index in [4.69, 9.17) is 14.2 Å². The molecule has 2 aliphatic heterocycles.